The molecule has 2 aromatic heterocycles. The largest absolute Gasteiger partial charge is 0.419 e. The summed E-state index contributed by atoms with van der Waals surface area (Å²) in [4.78, 5) is 12.6. The molecule has 1 N–H and O–H groups in total. The molecule has 0 radical (unpaired) electrons. The zero-order chi connectivity index (χ0) is 18.8. The summed E-state index contributed by atoms with van der Waals surface area (Å²) < 4.78 is 7.87. The van der Waals surface area contributed by atoms with Gasteiger partial charge in [-0.3, -0.25) is 4.79 Å². The number of benzene rings is 1. The Balaban J connectivity index is 1.64. The zero-order valence-corrected chi connectivity index (χ0v) is 15.9. The summed E-state index contributed by atoms with van der Waals surface area (Å²) >= 11 is 0. The molecule has 6 nitrogen and oxygen atoms in total. The molecule has 0 unspecified atom stereocenters. The van der Waals surface area contributed by atoms with Crippen molar-refractivity contribution in [2.24, 2.45) is 5.92 Å². The fourth-order valence-electron chi connectivity index (χ4n) is 3.83. The number of fused-ring (bicyclic) bond motifs is 1. The molecule has 1 aliphatic rings. The summed E-state index contributed by atoms with van der Waals surface area (Å²) in [5.41, 5.74) is 1.79. The van der Waals surface area contributed by atoms with Crippen molar-refractivity contribution in [1.29, 1.82) is 0 Å². The Labute approximate surface area is 159 Å². The van der Waals surface area contributed by atoms with Gasteiger partial charge in [0.15, 0.2) is 0 Å². The van der Waals surface area contributed by atoms with E-state index < -0.39 is 0 Å². The van der Waals surface area contributed by atoms with Crippen LogP contribution in [0.4, 0.5) is 0 Å². The fourth-order valence-corrected chi connectivity index (χ4v) is 3.83. The van der Waals surface area contributed by atoms with Crippen LogP contribution in [0.25, 0.3) is 22.5 Å². The van der Waals surface area contributed by atoms with Crippen LogP contribution in [-0.2, 0) is 17.8 Å². The van der Waals surface area contributed by atoms with E-state index in [1.54, 1.807) is 0 Å². The maximum absolute atomic E-state index is 12.6. The maximum Gasteiger partial charge on any atom is 0.264 e. The van der Waals surface area contributed by atoms with E-state index in [1.165, 1.54) is 12.8 Å². The molecule has 1 aromatic carbocycles. The second-order valence-electron chi connectivity index (χ2n) is 7.82. The van der Waals surface area contributed by atoms with Crippen molar-refractivity contribution in [2.45, 2.75) is 58.5 Å². The monoisotopic (exact) mass is 366 g/mol. The number of hydrogen-bond acceptors (Lipinski definition) is 4. The van der Waals surface area contributed by atoms with Gasteiger partial charge in [0.2, 0.25) is 11.8 Å². The maximum atomic E-state index is 12.6. The molecule has 1 amide bonds. The van der Waals surface area contributed by atoms with E-state index >= 15 is 0 Å². The summed E-state index contributed by atoms with van der Waals surface area (Å²) in [7, 11) is 0. The van der Waals surface area contributed by atoms with Crippen LogP contribution in [0.5, 0.6) is 0 Å². The lowest BCUT2D eigenvalue weighted by Gasteiger charge is -2.14. The molecular formula is C21H26N4O2. The van der Waals surface area contributed by atoms with Crippen LogP contribution in [0, 0.1) is 5.92 Å². The highest BCUT2D eigenvalue weighted by molar-refractivity contribution is 5.88. The van der Waals surface area contributed by atoms with Gasteiger partial charge in [0, 0.05) is 23.4 Å². The van der Waals surface area contributed by atoms with Crippen molar-refractivity contribution in [3.63, 3.8) is 0 Å². The molecule has 3 aromatic rings. The van der Waals surface area contributed by atoms with Crippen LogP contribution >= 0.6 is 0 Å². The van der Waals surface area contributed by atoms with Crippen molar-refractivity contribution in [3.8, 4) is 11.6 Å². The van der Waals surface area contributed by atoms with Gasteiger partial charge in [-0.1, -0.05) is 44.9 Å². The average Bonchev–Trinajstić information content (AvgIpc) is 3.35. The predicted molar refractivity (Wildman–Crippen MR) is 104 cm³/mol. The Kier molecular flexibility index (Phi) is 4.97. The SMILES string of the molecule is CC(C)Cc1nnc(-c2cc3ccccc3n2CC(=O)NC2CCCC2)o1. The quantitative estimate of drug-likeness (QED) is 0.717. The fraction of sp³-hybridized carbons (Fsp3) is 0.476. The summed E-state index contributed by atoms with van der Waals surface area (Å²) in [5.74, 6) is 1.58. The number of para-hydroxylation sites is 1. The van der Waals surface area contributed by atoms with Crippen LogP contribution in [0.1, 0.15) is 45.4 Å². The van der Waals surface area contributed by atoms with Crippen molar-refractivity contribution in [3.05, 3.63) is 36.2 Å². The molecule has 1 aliphatic carbocycles. The lowest BCUT2D eigenvalue weighted by Crippen LogP contribution is -2.35. The molecule has 2 heterocycles. The third kappa shape index (κ3) is 3.89. The van der Waals surface area contributed by atoms with E-state index in [0.717, 1.165) is 35.9 Å². The van der Waals surface area contributed by atoms with E-state index in [0.29, 0.717) is 23.7 Å². The standard InChI is InChI=1S/C21H26N4O2/c1-14(2)11-20-23-24-21(27-20)18-12-15-7-3-6-10-17(15)25(18)13-19(26)22-16-8-4-5-9-16/h3,6-7,10,12,14,16H,4-5,8-9,11,13H2,1-2H3,(H,22,26). The molecule has 0 atom stereocenters. The van der Waals surface area contributed by atoms with E-state index in [4.69, 9.17) is 4.42 Å². The van der Waals surface area contributed by atoms with Crippen molar-refractivity contribution < 1.29 is 9.21 Å². The van der Waals surface area contributed by atoms with Gasteiger partial charge in [0.25, 0.3) is 5.89 Å². The first kappa shape index (κ1) is 17.8. The van der Waals surface area contributed by atoms with Gasteiger partial charge >= 0.3 is 0 Å². The first-order valence-corrected chi connectivity index (χ1v) is 9.80. The number of aromatic nitrogens is 3. The van der Waals surface area contributed by atoms with Gasteiger partial charge in [-0.05, 0) is 30.9 Å². The molecule has 0 saturated heterocycles. The van der Waals surface area contributed by atoms with Crippen molar-refractivity contribution in [1.82, 2.24) is 20.1 Å². The molecule has 27 heavy (non-hydrogen) atoms. The number of nitrogens with zero attached hydrogens (tertiary/aromatic N) is 3. The topological polar surface area (TPSA) is 73.0 Å². The van der Waals surface area contributed by atoms with Crippen LogP contribution in [0.3, 0.4) is 0 Å². The second-order valence-corrected chi connectivity index (χ2v) is 7.82. The number of carbonyl (C=O) groups excluding carboxylic acids is 1. The van der Waals surface area contributed by atoms with Crippen LogP contribution in [0.2, 0.25) is 0 Å². The van der Waals surface area contributed by atoms with Crippen molar-refractivity contribution >= 4 is 16.8 Å². The Morgan fingerprint density at radius 1 is 1.26 bits per heavy atom. The highest BCUT2D eigenvalue weighted by Crippen LogP contribution is 2.28. The summed E-state index contributed by atoms with van der Waals surface area (Å²) in [6.07, 6.45) is 5.29. The Hall–Kier alpha value is -2.63. The number of rotatable bonds is 6. The van der Waals surface area contributed by atoms with Gasteiger partial charge in [0.05, 0.1) is 0 Å². The molecule has 0 aliphatic heterocycles. The first-order chi connectivity index (χ1) is 13.1. The van der Waals surface area contributed by atoms with Crippen LogP contribution in [0.15, 0.2) is 34.7 Å². The molecule has 0 bridgehead atoms. The molecule has 1 fully saturated rings. The average molecular weight is 366 g/mol. The van der Waals surface area contributed by atoms with E-state index in [-0.39, 0.29) is 12.5 Å². The third-order valence-electron chi connectivity index (χ3n) is 5.10. The smallest absolute Gasteiger partial charge is 0.264 e. The molecule has 4 rings (SSSR count). The minimum atomic E-state index is 0.0337. The van der Waals surface area contributed by atoms with E-state index in [2.05, 4.69) is 29.4 Å². The summed E-state index contributed by atoms with van der Waals surface area (Å²) in [6, 6.07) is 10.4. The second kappa shape index (κ2) is 7.55. The molecule has 0 spiro atoms. The van der Waals surface area contributed by atoms with E-state index in [1.807, 2.05) is 34.9 Å². The Morgan fingerprint density at radius 2 is 2.04 bits per heavy atom. The van der Waals surface area contributed by atoms with Gasteiger partial charge in [-0.15, -0.1) is 10.2 Å². The Morgan fingerprint density at radius 3 is 2.81 bits per heavy atom. The molecular weight excluding hydrogens is 340 g/mol. The van der Waals surface area contributed by atoms with Gasteiger partial charge in [-0.25, -0.2) is 0 Å². The van der Waals surface area contributed by atoms with Gasteiger partial charge in [0.1, 0.15) is 12.2 Å². The van der Waals surface area contributed by atoms with Gasteiger partial charge in [-0.2, -0.15) is 0 Å². The minimum Gasteiger partial charge on any atom is -0.419 e. The summed E-state index contributed by atoms with van der Waals surface area (Å²) in [5, 5.41) is 12.6. The number of amides is 1. The number of nitrogens with one attached hydrogen (secondary N) is 1. The van der Waals surface area contributed by atoms with Crippen LogP contribution < -0.4 is 5.32 Å². The first-order valence-electron chi connectivity index (χ1n) is 9.80. The molecule has 1 saturated carbocycles. The summed E-state index contributed by atoms with van der Waals surface area (Å²) in [6.45, 7) is 4.49. The van der Waals surface area contributed by atoms with E-state index in [9.17, 15) is 4.79 Å². The third-order valence-corrected chi connectivity index (χ3v) is 5.10. The molecule has 142 valence electrons. The lowest BCUT2D eigenvalue weighted by molar-refractivity contribution is -0.122. The number of hydrogen-bond donors (Lipinski definition) is 1. The highest BCUT2D eigenvalue weighted by Gasteiger charge is 2.21. The van der Waals surface area contributed by atoms with Gasteiger partial charge < -0.3 is 14.3 Å². The minimum absolute atomic E-state index is 0.0337. The zero-order valence-electron chi connectivity index (χ0n) is 15.9. The van der Waals surface area contributed by atoms with Crippen molar-refractivity contribution in [2.75, 3.05) is 0 Å². The highest BCUT2D eigenvalue weighted by atomic mass is 16.4. The predicted octanol–water partition coefficient (Wildman–Crippen LogP) is 3.95. The molecule has 6 heteroatoms. The normalized spacial score (nSPS) is 15.1. The number of carbonyl (C=O) groups is 1. The van der Waals surface area contributed by atoms with Crippen LogP contribution in [-0.4, -0.2) is 26.7 Å². The Bertz CT molecular complexity index is 935. The lowest BCUT2D eigenvalue weighted by atomic mass is 10.1.